The Hall–Kier alpha value is -2.15. The lowest BCUT2D eigenvalue weighted by atomic mass is 10.2. The van der Waals surface area contributed by atoms with Crippen molar-refractivity contribution in [2.24, 2.45) is 0 Å². The van der Waals surface area contributed by atoms with E-state index in [0.717, 1.165) is 0 Å². The van der Waals surface area contributed by atoms with Crippen LogP contribution in [0.2, 0.25) is 0 Å². The molecule has 0 atom stereocenters. The summed E-state index contributed by atoms with van der Waals surface area (Å²) < 4.78 is 0. The molecule has 6 nitrogen and oxygen atoms in total. The minimum atomic E-state index is -0.407. The molecule has 2 N–H and O–H groups in total. The average molecular weight is 290 g/mol. The predicted molar refractivity (Wildman–Crippen MR) is 77.8 cm³/mol. The first kappa shape index (κ1) is 14.3. The fourth-order valence-electron chi connectivity index (χ4n) is 1.58. The number of aromatic nitrogens is 2. The molecule has 2 rings (SSSR count). The van der Waals surface area contributed by atoms with Gasteiger partial charge in [0.1, 0.15) is 16.7 Å². The largest absolute Gasteiger partial charge is 0.384 e. The third-order valence-electron chi connectivity index (χ3n) is 2.53. The molecule has 0 amide bonds. The maximum absolute atomic E-state index is 11.0. The van der Waals surface area contributed by atoms with Gasteiger partial charge in [-0.15, -0.1) is 0 Å². The fraction of sp³-hybridized carbons (Fsp3) is 0.231. The molecule has 0 saturated carbocycles. The van der Waals surface area contributed by atoms with E-state index in [0.29, 0.717) is 21.6 Å². The van der Waals surface area contributed by atoms with Gasteiger partial charge in [-0.1, -0.05) is 37.7 Å². The second kappa shape index (κ2) is 5.87. The van der Waals surface area contributed by atoms with Crippen molar-refractivity contribution in [3.05, 3.63) is 46.3 Å². The van der Waals surface area contributed by atoms with Crippen LogP contribution in [0.1, 0.15) is 25.6 Å². The molecule has 0 bridgehead atoms. The van der Waals surface area contributed by atoms with Gasteiger partial charge in [0.05, 0.1) is 9.82 Å². The molecule has 0 fully saturated rings. The number of hydrogen-bond donors (Lipinski definition) is 1. The van der Waals surface area contributed by atoms with Gasteiger partial charge in [-0.2, -0.15) is 0 Å². The number of nitrogen functional groups attached to an aromatic ring is 1. The second-order valence-corrected chi connectivity index (χ2v) is 5.53. The summed E-state index contributed by atoms with van der Waals surface area (Å²) in [7, 11) is 0. The molecule has 0 unspecified atom stereocenters. The van der Waals surface area contributed by atoms with Crippen LogP contribution in [0.4, 0.5) is 11.5 Å². The SMILES string of the molecule is CC(C)c1nc(N)cc(Sc2ccccc2[N+](=O)[O-])n1. The second-order valence-electron chi connectivity index (χ2n) is 4.47. The molecule has 0 aliphatic rings. The molecule has 2 aromatic rings. The van der Waals surface area contributed by atoms with Crippen molar-refractivity contribution in [3.63, 3.8) is 0 Å². The van der Waals surface area contributed by atoms with Gasteiger partial charge >= 0.3 is 0 Å². The van der Waals surface area contributed by atoms with E-state index in [9.17, 15) is 10.1 Å². The van der Waals surface area contributed by atoms with E-state index in [1.54, 1.807) is 24.3 Å². The maximum atomic E-state index is 11.0. The summed E-state index contributed by atoms with van der Waals surface area (Å²) in [5, 5.41) is 11.6. The number of benzene rings is 1. The average Bonchev–Trinajstić information content (AvgIpc) is 2.38. The van der Waals surface area contributed by atoms with E-state index < -0.39 is 4.92 Å². The number of nitro groups is 1. The summed E-state index contributed by atoms with van der Waals surface area (Å²) in [6.07, 6.45) is 0. The molecule has 104 valence electrons. The molecule has 1 aromatic heterocycles. The van der Waals surface area contributed by atoms with Crippen molar-refractivity contribution in [2.45, 2.75) is 29.7 Å². The first-order valence-electron chi connectivity index (χ1n) is 6.03. The molecule has 0 aliphatic heterocycles. The van der Waals surface area contributed by atoms with Crippen LogP contribution < -0.4 is 5.73 Å². The summed E-state index contributed by atoms with van der Waals surface area (Å²) >= 11 is 1.22. The van der Waals surface area contributed by atoms with Crippen LogP contribution >= 0.6 is 11.8 Å². The van der Waals surface area contributed by atoms with Crippen LogP contribution in [0, 0.1) is 10.1 Å². The van der Waals surface area contributed by atoms with Crippen LogP contribution in [-0.4, -0.2) is 14.9 Å². The summed E-state index contributed by atoms with van der Waals surface area (Å²) in [6, 6.07) is 8.17. The molecule has 0 aliphatic carbocycles. The van der Waals surface area contributed by atoms with Gasteiger partial charge in [-0.05, 0) is 6.07 Å². The van der Waals surface area contributed by atoms with Crippen LogP contribution in [0.3, 0.4) is 0 Å². The van der Waals surface area contributed by atoms with Gasteiger partial charge in [0.2, 0.25) is 0 Å². The highest BCUT2D eigenvalue weighted by Gasteiger charge is 2.15. The van der Waals surface area contributed by atoms with Crippen molar-refractivity contribution in [2.75, 3.05) is 5.73 Å². The minimum Gasteiger partial charge on any atom is -0.384 e. The number of para-hydroxylation sites is 1. The van der Waals surface area contributed by atoms with Crippen LogP contribution in [-0.2, 0) is 0 Å². The molecule has 0 saturated heterocycles. The monoisotopic (exact) mass is 290 g/mol. The Labute approximate surface area is 120 Å². The van der Waals surface area contributed by atoms with E-state index in [1.807, 2.05) is 13.8 Å². The van der Waals surface area contributed by atoms with Crippen molar-refractivity contribution in [1.82, 2.24) is 9.97 Å². The van der Waals surface area contributed by atoms with Crippen molar-refractivity contribution in [3.8, 4) is 0 Å². The van der Waals surface area contributed by atoms with Crippen molar-refractivity contribution >= 4 is 23.3 Å². The minimum absolute atomic E-state index is 0.0563. The highest BCUT2D eigenvalue weighted by molar-refractivity contribution is 7.99. The number of anilines is 1. The molecular weight excluding hydrogens is 276 g/mol. The Morgan fingerprint density at radius 2 is 2.00 bits per heavy atom. The molecule has 20 heavy (non-hydrogen) atoms. The van der Waals surface area contributed by atoms with E-state index in [-0.39, 0.29) is 11.6 Å². The number of nitro benzene ring substituents is 1. The van der Waals surface area contributed by atoms with Gasteiger partial charge in [0, 0.05) is 18.1 Å². The molecular formula is C13H14N4O2S. The fourth-order valence-corrected chi connectivity index (χ4v) is 2.52. The molecule has 0 spiro atoms. The Morgan fingerprint density at radius 1 is 1.30 bits per heavy atom. The lowest BCUT2D eigenvalue weighted by Crippen LogP contribution is -2.02. The molecule has 0 radical (unpaired) electrons. The molecule has 7 heteroatoms. The number of nitrogens with two attached hydrogens (primary N) is 1. The number of nitrogens with zero attached hydrogens (tertiary/aromatic N) is 3. The molecule has 1 aromatic carbocycles. The van der Waals surface area contributed by atoms with E-state index in [2.05, 4.69) is 9.97 Å². The van der Waals surface area contributed by atoms with Crippen molar-refractivity contribution in [1.29, 1.82) is 0 Å². The maximum Gasteiger partial charge on any atom is 0.283 e. The van der Waals surface area contributed by atoms with Crippen molar-refractivity contribution < 1.29 is 4.92 Å². The predicted octanol–water partition coefficient (Wildman–Crippen LogP) is 3.24. The smallest absolute Gasteiger partial charge is 0.283 e. The standard InChI is InChI=1S/C13H14N4O2S/c1-8(2)13-15-11(14)7-12(16-13)20-10-6-4-3-5-9(10)17(18)19/h3-8H,1-2H3,(H2,14,15,16). The Balaban J connectivity index is 2.38. The zero-order valence-corrected chi connectivity index (χ0v) is 11.9. The topological polar surface area (TPSA) is 94.9 Å². The van der Waals surface area contributed by atoms with Gasteiger partial charge in [0.25, 0.3) is 5.69 Å². The first-order chi connectivity index (χ1) is 9.47. The van der Waals surface area contributed by atoms with Gasteiger partial charge in [-0.25, -0.2) is 9.97 Å². The Morgan fingerprint density at radius 3 is 2.65 bits per heavy atom. The summed E-state index contributed by atoms with van der Waals surface area (Å²) in [5.74, 6) is 1.14. The Bertz CT molecular complexity index is 646. The lowest BCUT2D eigenvalue weighted by molar-refractivity contribution is -0.387. The van der Waals surface area contributed by atoms with E-state index >= 15 is 0 Å². The zero-order chi connectivity index (χ0) is 14.7. The summed E-state index contributed by atoms with van der Waals surface area (Å²) in [4.78, 5) is 19.6. The van der Waals surface area contributed by atoms with E-state index in [4.69, 9.17) is 5.73 Å². The quantitative estimate of drug-likeness (QED) is 0.527. The van der Waals surface area contributed by atoms with Crippen LogP contribution in [0.25, 0.3) is 0 Å². The number of rotatable bonds is 4. The highest BCUT2D eigenvalue weighted by Crippen LogP contribution is 2.34. The normalized spacial score (nSPS) is 10.8. The third-order valence-corrected chi connectivity index (χ3v) is 3.52. The number of hydrogen-bond acceptors (Lipinski definition) is 6. The van der Waals surface area contributed by atoms with Gasteiger partial charge in [0.15, 0.2) is 0 Å². The first-order valence-corrected chi connectivity index (χ1v) is 6.84. The lowest BCUT2D eigenvalue weighted by Gasteiger charge is -2.08. The van der Waals surface area contributed by atoms with Gasteiger partial charge < -0.3 is 5.73 Å². The highest BCUT2D eigenvalue weighted by atomic mass is 32.2. The van der Waals surface area contributed by atoms with Crippen LogP contribution in [0.15, 0.2) is 40.3 Å². The Kier molecular flexibility index (Phi) is 4.19. The summed E-state index contributed by atoms with van der Waals surface area (Å²) in [6.45, 7) is 3.93. The van der Waals surface area contributed by atoms with Gasteiger partial charge in [-0.3, -0.25) is 10.1 Å². The third kappa shape index (κ3) is 3.24. The summed E-state index contributed by atoms with van der Waals surface area (Å²) in [5.41, 5.74) is 5.81. The van der Waals surface area contributed by atoms with Crippen LogP contribution in [0.5, 0.6) is 0 Å². The van der Waals surface area contributed by atoms with E-state index in [1.165, 1.54) is 17.8 Å². The zero-order valence-electron chi connectivity index (χ0n) is 11.1. The molecule has 1 heterocycles.